The number of nitrogens with one attached hydrogen (secondary N) is 1. The summed E-state index contributed by atoms with van der Waals surface area (Å²) >= 11 is 1.29. The van der Waals surface area contributed by atoms with Crippen LogP contribution in [0.1, 0.15) is 12.8 Å². The second-order valence-corrected chi connectivity index (χ2v) is 8.76. The Balaban J connectivity index is 1.55. The minimum Gasteiger partial charge on any atom is -0.385 e. The van der Waals surface area contributed by atoms with E-state index in [1.54, 1.807) is 12.0 Å². The highest BCUT2D eigenvalue weighted by Crippen LogP contribution is 2.34. The zero-order valence-electron chi connectivity index (χ0n) is 18.2. The van der Waals surface area contributed by atoms with Crippen molar-refractivity contribution in [2.75, 3.05) is 25.6 Å². The summed E-state index contributed by atoms with van der Waals surface area (Å²) in [6.07, 6.45) is 0.655. The third kappa shape index (κ3) is 5.58. The first-order chi connectivity index (χ1) is 16.0. The number of methoxy groups -OCH3 is 1. The maximum absolute atomic E-state index is 13.2. The Morgan fingerprint density at radius 1 is 1.12 bits per heavy atom. The van der Waals surface area contributed by atoms with Gasteiger partial charge in [0.15, 0.2) is 5.17 Å². The number of carbonyl (C=O) groups is 2. The molecular formula is C25H24FN3O3S. The third-order valence-corrected chi connectivity index (χ3v) is 6.41. The molecule has 1 N–H and O–H groups in total. The number of ether oxygens (including phenoxy) is 1. The fourth-order valence-electron chi connectivity index (χ4n) is 3.62. The maximum Gasteiger partial charge on any atom is 0.242 e. The van der Waals surface area contributed by atoms with Gasteiger partial charge in [0.1, 0.15) is 11.1 Å². The van der Waals surface area contributed by atoms with Crippen molar-refractivity contribution >= 4 is 50.9 Å². The average molecular weight is 466 g/mol. The van der Waals surface area contributed by atoms with Gasteiger partial charge in [-0.05, 0) is 42.1 Å². The molecule has 0 aliphatic carbocycles. The quantitative estimate of drug-likeness (QED) is 0.477. The van der Waals surface area contributed by atoms with Crippen molar-refractivity contribution in [3.63, 3.8) is 0 Å². The van der Waals surface area contributed by atoms with Crippen molar-refractivity contribution < 1.29 is 18.7 Å². The number of hydrogen-bond acceptors (Lipinski definition) is 5. The van der Waals surface area contributed by atoms with Crippen molar-refractivity contribution in [2.24, 2.45) is 4.99 Å². The summed E-state index contributed by atoms with van der Waals surface area (Å²) in [6.45, 7) is 0.977. The standard InChI is InChI=1S/C25H24FN3O3S/c1-32-15-5-14-29-24(31)22(16-23(30)27-19-12-10-18(26)11-13-19)33-25(29)28-21-9-4-7-17-6-2-3-8-20(17)21/h2-4,6-13,22H,5,14-16H2,1H3,(H,27,30). The largest absolute Gasteiger partial charge is 0.385 e. The second kappa shape index (κ2) is 10.6. The molecule has 170 valence electrons. The molecule has 33 heavy (non-hydrogen) atoms. The number of carbonyl (C=O) groups excluding carboxylic acids is 2. The fourth-order valence-corrected chi connectivity index (χ4v) is 4.80. The highest BCUT2D eigenvalue weighted by molar-refractivity contribution is 8.15. The van der Waals surface area contributed by atoms with Crippen LogP contribution < -0.4 is 5.32 Å². The van der Waals surface area contributed by atoms with Crippen LogP contribution in [0.4, 0.5) is 15.8 Å². The Labute approximate surface area is 195 Å². The number of fused-ring (bicyclic) bond motifs is 1. The number of hydrogen-bond donors (Lipinski definition) is 1. The summed E-state index contributed by atoms with van der Waals surface area (Å²) < 4.78 is 18.2. The van der Waals surface area contributed by atoms with Crippen LogP contribution >= 0.6 is 11.8 Å². The topological polar surface area (TPSA) is 71.0 Å². The van der Waals surface area contributed by atoms with Crippen LogP contribution in [0.25, 0.3) is 10.8 Å². The smallest absolute Gasteiger partial charge is 0.242 e. The Kier molecular flexibility index (Phi) is 7.36. The molecule has 3 aromatic rings. The van der Waals surface area contributed by atoms with Crippen molar-refractivity contribution in [3.8, 4) is 0 Å². The molecule has 1 atom stereocenters. The number of aliphatic imine (C=N–C) groups is 1. The number of halogens is 1. The first kappa shape index (κ1) is 22.9. The molecule has 1 aliphatic heterocycles. The number of thioether (sulfide) groups is 1. The lowest BCUT2D eigenvalue weighted by Gasteiger charge is -2.16. The molecule has 4 rings (SSSR count). The monoisotopic (exact) mass is 465 g/mol. The molecule has 0 radical (unpaired) electrons. The lowest BCUT2D eigenvalue weighted by molar-refractivity contribution is -0.128. The first-order valence-corrected chi connectivity index (χ1v) is 11.5. The van der Waals surface area contributed by atoms with E-state index in [-0.39, 0.29) is 24.1 Å². The second-order valence-electron chi connectivity index (χ2n) is 7.59. The lowest BCUT2D eigenvalue weighted by atomic mass is 10.1. The molecule has 1 heterocycles. The highest BCUT2D eigenvalue weighted by atomic mass is 32.2. The van der Waals surface area contributed by atoms with E-state index >= 15 is 0 Å². The Morgan fingerprint density at radius 2 is 1.88 bits per heavy atom. The van der Waals surface area contributed by atoms with E-state index in [1.165, 1.54) is 36.0 Å². The summed E-state index contributed by atoms with van der Waals surface area (Å²) in [5, 5.41) is 4.78. The van der Waals surface area contributed by atoms with Gasteiger partial charge in [0, 0.05) is 37.8 Å². The Bertz CT molecular complexity index is 1180. The van der Waals surface area contributed by atoms with Crippen LogP contribution in [0, 0.1) is 5.82 Å². The number of anilines is 1. The predicted molar refractivity (Wildman–Crippen MR) is 130 cm³/mol. The Morgan fingerprint density at radius 3 is 2.67 bits per heavy atom. The maximum atomic E-state index is 13.2. The summed E-state index contributed by atoms with van der Waals surface area (Å²) in [6, 6.07) is 19.3. The molecule has 2 amide bonds. The highest BCUT2D eigenvalue weighted by Gasteiger charge is 2.39. The van der Waals surface area contributed by atoms with E-state index in [2.05, 4.69) is 5.32 Å². The summed E-state index contributed by atoms with van der Waals surface area (Å²) in [5.74, 6) is -0.837. The van der Waals surface area contributed by atoms with Crippen molar-refractivity contribution in [3.05, 3.63) is 72.5 Å². The van der Waals surface area contributed by atoms with E-state index in [9.17, 15) is 14.0 Å². The molecule has 0 bridgehead atoms. The minimum atomic E-state index is -0.582. The molecule has 1 unspecified atom stereocenters. The van der Waals surface area contributed by atoms with Crippen LogP contribution in [0.5, 0.6) is 0 Å². The van der Waals surface area contributed by atoms with Gasteiger partial charge in [-0.1, -0.05) is 48.2 Å². The fraction of sp³-hybridized carbons (Fsp3) is 0.240. The minimum absolute atomic E-state index is 0.00376. The molecule has 8 heteroatoms. The van der Waals surface area contributed by atoms with Crippen molar-refractivity contribution in [1.29, 1.82) is 0 Å². The van der Waals surface area contributed by atoms with E-state index in [0.29, 0.717) is 30.4 Å². The van der Waals surface area contributed by atoms with E-state index in [4.69, 9.17) is 9.73 Å². The predicted octanol–water partition coefficient (Wildman–Crippen LogP) is 4.98. The summed E-state index contributed by atoms with van der Waals surface area (Å²) in [7, 11) is 1.62. The van der Waals surface area contributed by atoms with Gasteiger partial charge in [-0.25, -0.2) is 9.38 Å². The van der Waals surface area contributed by atoms with Crippen LogP contribution in [0.2, 0.25) is 0 Å². The molecule has 6 nitrogen and oxygen atoms in total. The molecular weight excluding hydrogens is 441 g/mol. The summed E-state index contributed by atoms with van der Waals surface area (Å²) in [4.78, 5) is 32.2. The zero-order chi connectivity index (χ0) is 23.2. The lowest BCUT2D eigenvalue weighted by Crippen LogP contribution is -2.34. The SMILES string of the molecule is COCCCN1C(=O)C(CC(=O)Nc2ccc(F)cc2)SC1=Nc1cccc2ccccc12. The van der Waals surface area contributed by atoms with E-state index in [0.717, 1.165) is 16.5 Å². The normalized spacial score (nSPS) is 17.2. The van der Waals surface area contributed by atoms with Gasteiger partial charge in [-0.3, -0.25) is 14.5 Å². The van der Waals surface area contributed by atoms with Gasteiger partial charge in [-0.2, -0.15) is 0 Å². The summed E-state index contributed by atoms with van der Waals surface area (Å²) in [5.41, 5.74) is 1.26. The molecule has 3 aromatic carbocycles. The van der Waals surface area contributed by atoms with Gasteiger partial charge in [0.05, 0.1) is 5.69 Å². The van der Waals surface area contributed by atoms with Gasteiger partial charge in [0.25, 0.3) is 0 Å². The Hall–Kier alpha value is -3.23. The van der Waals surface area contributed by atoms with Gasteiger partial charge in [-0.15, -0.1) is 0 Å². The van der Waals surface area contributed by atoms with Gasteiger partial charge < -0.3 is 10.1 Å². The zero-order valence-corrected chi connectivity index (χ0v) is 19.0. The molecule has 1 fully saturated rings. The number of rotatable bonds is 8. The first-order valence-electron chi connectivity index (χ1n) is 10.6. The van der Waals surface area contributed by atoms with Crippen LogP contribution in [0.15, 0.2) is 71.7 Å². The van der Waals surface area contributed by atoms with Crippen molar-refractivity contribution in [1.82, 2.24) is 4.90 Å². The van der Waals surface area contributed by atoms with E-state index in [1.807, 2.05) is 42.5 Å². The number of nitrogens with zero attached hydrogens (tertiary/aromatic N) is 2. The van der Waals surface area contributed by atoms with Crippen LogP contribution in [-0.2, 0) is 14.3 Å². The van der Waals surface area contributed by atoms with Gasteiger partial charge in [0.2, 0.25) is 11.8 Å². The van der Waals surface area contributed by atoms with Crippen molar-refractivity contribution in [2.45, 2.75) is 18.1 Å². The number of amides is 2. The van der Waals surface area contributed by atoms with Crippen LogP contribution in [-0.4, -0.2) is 47.4 Å². The van der Waals surface area contributed by atoms with Gasteiger partial charge >= 0.3 is 0 Å². The molecule has 0 aromatic heterocycles. The van der Waals surface area contributed by atoms with E-state index < -0.39 is 5.25 Å². The molecule has 0 spiro atoms. The average Bonchev–Trinajstić information content (AvgIpc) is 3.10. The number of benzene rings is 3. The van der Waals surface area contributed by atoms with Crippen LogP contribution in [0.3, 0.4) is 0 Å². The molecule has 1 saturated heterocycles. The molecule has 1 aliphatic rings. The number of amidine groups is 1. The third-order valence-electron chi connectivity index (χ3n) is 5.23. The molecule has 0 saturated carbocycles.